The van der Waals surface area contributed by atoms with E-state index < -0.39 is 0 Å². The summed E-state index contributed by atoms with van der Waals surface area (Å²) in [5.41, 5.74) is 4.38. The minimum absolute atomic E-state index is 0. The number of rotatable bonds is 0. The fourth-order valence-electron chi connectivity index (χ4n) is 3.39. The van der Waals surface area contributed by atoms with Gasteiger partial charge < -0.3 is 10.1 Å². The second-order valence-corrected chi connectivity index (χ2v) is 5.40. The molecule has 2 aliphatic rings. The van der Waals surface area contributed by atoms with Gasteiger partial charge in [-0.05, 0) is 32.1 Å². The molecular formula is C15H19Cl2N3O. The van der Waals surface area contributed by atoms with Crippen LogP contribution in [0.4, 0.5) is 0 Å². The second kappa shape index (κ2) is 5.87. The Morgan fingerprint density at radius 1 is 1.14 bits per heavy atom. The van der Waals surface area contributed by atoms with Crippen molar-refractivity contribution in [1.29, 1.82) is 0 Å². The van der Waals surface area contributed by atoms with Gasteiger partial charge in [0, 0.05) is 24.0 Å². The molecule has 2 aromatic rings. The Kier molecular flexibility index (Phi) is 4.51. The van der Waals surface area contributed by atoms with Crippen molar-refractivity contribution in [2.75, 3.05) is 13.1 Å². The van der Waals surface area contributed by atoms with Crippen molar-refractivity contribution in [2.24, 2.45) is 0 Å². The number of hydrogen-bond donors (Lipinski definition) is 2. The maximum Gasteiger partial charge on any atom is 0.140 e. The van der Waals surface area contributed by atoms with E-state index in [1.165, 1.54) is 5.56 Å². The van der Waals surface area contributed by atoms with Crippen LogP contribution in [0.3, 0.4) is 0 Å². The molecule has 2 N–H and O–H groups in total. The molecule has 1 fully saturated rings. The first-order valence-corrected chi connectivity index (χ1v) is 6.85. The first-order valence-electron chi connectivity index (χ1n) is 6.85. The number of aromatic amines is 1. The Morgan fingerprint density at radius 2 is 1.86 bits per heavy atom. The highest BCUT2D eigenvalue weighted by molar-refractivity contribution is 5.85. The normalized spacial score (nSPS) is 17.8. The Morgan fingerprint density at radius 3 is 2.62 bits per heavy atom. The summed E-state index contributed by atoms with van der Waals surface area (Å²) < 4.78 is 6.43. The van der Waals surface area contributed by atoms with Crippen molar-refractivity contribution < 1.29 is 4.74 Å². The number of nitrogens with zero attached hydrogens (tertiary/aromatic N) is 1. The molecule has 0 amide bonds. The van der Waals surface area contributed by atoms with Gasteiger partial charge in [-0.2, -0.15) is 5.10 Å². The molecule has 1 aromatic carbocycles. The van der Waals surface area contributed by atoms with E-state index in [2.05, 4.69) is 34.6 Å². The molecule has 0 radical (unpaired) electrons. The van der Waals surface area contributed by atoms with Crippen LogP contribution in [0.25, 0.3) is 11.3 Å². The van der Waals surface area contributed by atoms with Crippen molar-refractivity contribution in [1.82, 2.24) is 15.5 Å². The Labute approximate surface area is 136 Å². The quantitative estimate of drug-likeness (QED) is 0.781. The number of aryl methyl sites for hydroxylation is 1. The number of H-pyrrole nitrogens is 1. The van der Waals surface area contributed by atoms with Gasteiger partial charge in [-0.25, -0.2) is 0 Å². The lowest BCUT2D eigenvalue weighted by atomic mass is 9.80. The summed E-state index contributed by atoms with van der Waals surface area (Å²) in [4.78, 5) is 0. The number of para-hydroxylation sites is 1. The summed E-state index contributed by atoms with van der Waals surface area (Å²) in [6.45, 7) is 4.05. The number of fused-ring (bicyclic) bond motifs is 4. The highest BCUT2D eigenvalue weighted by atomic mass is 35.5. The summed E-state index contributed by atoms with van der Waals surface area (Å²) >= 11 is 0. The van der Waals surface area contributed by atoms with Crippen molar-refractivity contribution in [3.05, 3.63) is 35.5 Å². The van der Waals surface area contributed by atoms with E-state index in [0.717, 1.165) is 48.6 Å². The lowest BCUT2D eigenvalue weighted by molar-refractivity contribution is 0.0302. The summed E-state index contributed by atoms with van der Waals surface area (Å²) in [6.07, 6.45) is 1.99. The predicted octanol–water partition coefficient (Wildman–Crippen LogP) is 3.20. The maximum atomic E-state index is 6.43. The van der Waals surface area contributed by atoms with Gasteiger partial charge in [-0.3, -0.25) is 5.10 Å². The van der Waals surface area contributed by atoms with Crippen LogP contribution in [-0.2, 0) is 5.60 Å². The summed E-state index contributed by atoms with van der Waals surface area (Å²) in [7, 11) is 0. The van der Waals surface area contributed by atoms with Crippen molar-refractivity contribution in [2.45, 2.75) is 25.4 Å². The van der Waals surface area contributed by atoms with Gasteiger partial charge in [0.25, 0.3) is 0 Å². The fourth-order valence-corrected chi connectivity index (χ4v) is 3.39. The van der Waals surface area contributed by atoms with E-state index in [1.807, 2.05) is 12.1 Å². The first kappa shape index (κ1) is 16.1. The number of aromatic nitrogens is 2. The zero-order chi connectivity index (χ0) is 12.9. The molecule has 4 nitrogen and oxygen atoms in total. The van der Waals surface area contributed by atoms with Crippen LogP contribution in [0, 0.1) is 6.92 Å². The Hall–Kier alpha value is -1.23. The van der Waals surface area contributed by atoms with Crippen molar-refractivity contribution in [3.63, 3.8) is 0 Å². The van der Waals surface area contributed by atoms with Crippen LogP contribution in [-0.4, -0.2) is 23.3 Å². The molecule has 0 bridgehead atoms. The monoisotopic (exact) mass is 327 g/mol. The van der Waals surface area contributed by atoms with E-state index in [-0.39, 0.29) is 30.4 Å². The third-order valence-corrected chi connectivity index (χ3v) is 4.28. The van der Waals surface area contributed by atoms with Gasteiger partial charge in [-0.1, -0.05) is 12.1 Å². The topological polar surface area (TPSA) is 49.9 Å². The SMILES string of the molecule is Cc1n[nH]c2c1C1(CCNCC1)Oc1ccccc1-2.Cl.Cl. The van der Waals surface area contributed by atoms with Crippen LogP contribution >= 0.6 is 24.8 Å². The molecule has 6 heteroatoms. The zero-order valence-electron chi connectivity index (χ0n) is 11.8. The second-order valence-electron chi connectivity index (χ2n) is 5.40. The molecule has 4 rings (SSSR count). The maximum absolute atomic E-state index is 6.43. The molecule has 1 saturated heterocycles. The summed E-state index contributed by atoms with van der Waals surface area (Å²) in [6, 6.07) is 8.22. The largest absolute Gasteiger partial charge is 0.482 e. The van der Waals surface area contributed by atoms with Crippen LogP contribution in [0.15, 0.2) is 24.3 Å². The van der Waals surface area contributed by atoms with Gasteiger partial charge in [0.15, 0.2) is 0 Å². The van der Waals surface area contributed by atoms with Crippen LogP contribution in [0.5, 0.6) is 5.75 Å². The third kappa shape index (κ3) is 2.31. The molecular weight excluding hydrogens is 309 g/mol. The van der Waals surface area contributed by atoms with Gasteiger partial charge >= 0.3 is 0 Å². The van der Waals surface area contributed by atoms with Crippen LogP contribution in [0.2, 0.25) is 0 Å². The van der Waals surface area contributed by atoms with Gasteiger partial charge in [0.05, 0.1) is 11.4 Å². The summed E-state index contributed by atoms with van der Waals surface area (Å²) in [5.74, 6) is 0.973. The van der Waals surface area contributed by atoms with Crippen LogP contribution in [0.1, 0.15) is 24.1 Å². The fraction of sp³-hybridized carbons (Fsp3) is 0.400. The highest BCUT2D eigenvalue weighted by Gasteiger charge is 2.44. The number of nitrogens with one attached hydrogen (secondary N) is 2. The summed E-state index contributed by atoms with van der Waals surface area (Å²) in [5, 5.41) is 11.0. The molecule has 114 valence electrons. The molecule has 0 unspecified atom stereocenters. The number of hydrogen-bond acceptors (Lipinski definition) is 3. The third-order valence-electron chi connectivity index (χ3n) is 4.28. The van der Waals surface area contributed by atoms with E-state index in [1.54, 1.807) is 0 Å². The highest BCUT2D eigenvalue weighted by Crippen LogP contribution is 2.48. The minimum atomic E-state index is -0.202. The molecule has 0 saturated carbocycles. The van der Waals surface area contributed by atoms with Gasteiger partial charge in [0.2, 0.25) is 0 Å². The van der Waals surface area contributed by atoms with E-state index in [0.29, 0.717) is 0 Å². The number of piperidine rings is 1. The average molecular weight is 328 g/mol. The number of halogens is 2. The molecule has 1 spiro atoms. The number of benzene rings is 1. The van der Waals surface area contributed by atoms with E-state index in [4.69, 9.17) is 4.74 Å². The Bertz CT molecular complexity index is 636. The molecule has 2 aliphatic heterocycles. The zero-order valence-corrected chi connectivity index (χ0v) is 13.4. The predicted molar refractivity (Wildman–Crippen MR) is 87.7 cm³/mol. The van der Waals surface area contributed by atoms with Crippen LogP contribution < -0.4 is 10.1 Å². The van der Waals surface area contributed by atoms with E-state index >= 15 is 0 Å². The van der Waals surface area contributed by atoms with E-state index in [9.17, 15) is 0 Å². The van der Waals surface area contributed by atoms with Gasteiger partial charge in [-0.15, -0.1) is 24.8 Å². The van der Waals surface area contributed by atoms with Gasteiger partial charge in [0.1, 0.15) is 11.4 Å². The van der Waals surface area contributed by atoms with Crippen molar-refractivity contribution >= 4 is 24.8 Å². The van der Waals surface area contributed by atoms with Crippen molar-refractivity contribution in [3.8, 4) is 17.0 Å². The number of ether oxygens (including phenoxy) is 1. The Balaban J connectivity index is 0.000000807. The smallest absolute Gasteiger partial charge is 0.140 e. The molecule has 3 heterocycles. The average Bonchev–Trinajstić information content (AvgIpc) is 2.83. The molecule has 1 aromatic heterocycles. The first-order chi connectivity index (χ1) is 9.30. The molecule has 21 heavy (non-hydrogen) atoms. The standard InChI is InChI=1S/C15H17N3O.2ClH/c1-10-13-14(18-17-10)11-4-2-3-5-12(11)19-15(13)6-8-16-9-7-15;;/h2-5,16H,6-9H2,1H3,(H,17,18);2*1H. The molecule has 0 aliphatic carbocycles. The lowest BCUT2D eigenvalue weighted by Gasteiger charge is -2.41. The molecule has 0 atom stereocenters. The minimum Gasteiger partial charge on any atom is -0.482 e. The lowest BCUT2D eigenvalue weighted by Crippen LogP contribution is -2.45.